The zero-order chi connectivity index (χ0) is 13.5. The van der Waals surface area contributed by atoms with E-state index < -0.39 is 0 Å². The number of nitrogens with two attached hydrogens (primary N) is 1. The number of aromatic nitrogens is 3. The van der Waals surface area contributed by atoms with Crippen molar-refractivity contribution in [1.82, 2.24) is 15.0 Å². The first-order chi connectivity index (χ1) is 9.83. The van der Waals surface area contributed by atoms with E-state index in [0.717, 1.165) is 11.3 Å². The van der Waals surface area contributed by atoms with Crippen molar-refractivity contribution in [2.24, 2.45) is 5.73 Å². The maximum Gasteiger partial charge on any atom is 0.113 e. The number of nitrogens with zero attached hydrogens (tertiary/aromatic N) is 3. The van der Waals surface area contributed by atoms with Gasteiger partial charge in [0.1, 0.15) is 23.9 Å². The minimum Gasteiger partial charge on any atom is -0.371 e. The van der Waals surface area contributed by atoms with Gasteiger partial charge in [-0.3, -0.25) is 0 Å². The molecule has 4 atom stereocenters. The van der Waals surface area contributed by atoms with Crippen LogP contribution in [0.2, 0.25) is 0 Å². The average molecular weight is 272 g/mol. The SMILES string of the molecule is N[C@H]1CO[C@H]2[C@@H]1OC[C@@H]2n1cc(-c2ccccc2)nn1. The summed E-state index contributed by atoms with van der Waals surface area (Å²) in [4.78, 5) is 0. The van der Waals surface area contributed by atoms with Gasteiger partial charge in [-0.15, -0.1) is 5.10 Å². The highest BCUT2D eigenvalue weighted by Crippen LogP contribution is 2.33. The zero-order valence-electron chi connectivity index (χ0n) is 10.9. The number of ether oxygens (including phenoxy) is 2. The molecule has 2 aromatic rings. The van der Waals surface area contributed by atoms with Crippen LogP contribution in [0.25, 0.3) is 11.3 Å². The minimum atomic E-state index is -0.0397. The summed E-state index contributed by atoms with van der Waals surface area (Å²) < 4.78 is 13.3. The molecule has 2 N–H and O–H groups in total. The summed E-state index contributed by atoms with van der Waals surface area (Å²) >= 11 is 0. The molecule has 104 valence electrons. The Morgan fingerprint density at radius 3 is 2.75 bits per heavy atom. The predicted molar refractivity (Wildman–Crippen MR) is 72.0 cm³/mol. The summed E-state index contributed by atoms with van der Waals surface area (Å²) in [6.07, 6.45) is 1.90. The highest BCUT2D eigenvalue weighted by atomic mass is 16.6. The molecule has 2 saturated heterocycles. The minimum absolute atomic E-state index is 0.0182. The van der Waals surface area contributed by atoms with Crippen LogP contribution in [0.3, 0.4) is 0 Å². The summed E-state index contributed by atoms with van der Waals surface area (Å²) in [6.45, 7) is 1.12. The van der Waals surface area contributed by atoms with E-state index >= 15 is 0 Å². The van der Waals surface area contributed by atoms with Crippen LogP contribution in [0.5, 0.6) is 0 Å². The van der Waals surface area contributed by atoms with Crippen molar-refractivity contribution < 1.29 is 9.47 Å². The third-order valence-corrected chi connectivity index (χ3v) is 3.99. The maximum absolute atomic E-state index is 5.96. The third-order valence-electron chi connectivity index (χ3n) is 3.99. The lowest BCUT2D eigenvalue weighted by Gasteiger charge is -2.15. The monoisotopic (exact) mass is 272 g/mol. The van der Waals surface area contributed by atoms with Crippen LogP contribution in [-0.2, 0) is 9.47 Å². The second-order valence-electron chi connectivity index (χ2n) is 5.28. The predicted octanol–water partition coefficient (Wildman–Crippen LogP) is 0.611. The molecule has 1 aromatic carbocycles. The van der Waals surface area contributed by atoms with Gasteiger partial charge in [0.15, 0.2) is 0 Å². The van der Waals surface area contributed by atoms with Gasteiger partial charge in [0.2, 0.25) is 0 Å². The molecular weight excluding hydrogens is 256 g/mol. The van der Waals surface area contributed by atoms with Crippen LogP contribution >= 0.6 is 0 Å². The molecule has 0 bridgehead atoms. The molecule has 6 heteroatoms. The topological polar surface area (TPSA) is 75.2 Å². The van der Waals surface area contributed by atoms with E-state index in [9.17, 15) is 0 Å². The molecule has 2 aliphatic heterocycles. The van der Waals surface area contributed by atoms with Crippen LogP contribution in [0.1, 0.15) is 6.04 Å². The molecule has 0 unspecified atom stereocenters. The first-order valence-electron chi connectivity index (χ1n) is 6.79. The first-order valence-corrected chi connectivity index (χ1v) is 6.79. The second-order valence-corrected chi connectivity index (χ2v) is 5.28. The van der Waals surface area contributed by atoms with Crippen molar-refractivity contribution in [2.45, 2.75) is 24.3 Å². The van der Waals surface area contributed by atoms with E-state index in [1.165, 1.54) is 0 Å². The van der Waals surface area contributed by atoms with Gasteiger partial charge < -0.3 is 15.2 Å². The molecule has 20 heavy (non-hydrogen) atoms. The number of benzene rings is 1. The molecule has 3 heterocycles. The van der Waals surface area contributed by atoms with E-state index in [1.54, 1.807) is 0 Å². The molecule has 0 amide bonds. The standard InChI is InChI=1S/C14H16N4O2/c15-10-7-19-14-12(8-20-13(10)14)18-6-11(16-17-18)9-4-2-1-3-5-9/h1-6,10,12-14H,7-8,15H2/t10-,12-,13+,14+/m0/s1. The quantitative estimate of drug-likeness (QED) is 0.867. The Kier molecular flexibility index (Phi) is 2.80. The third kappa shape index (κ3) is 1.84. The van der Waals surface area contributed by atoms with Crippen molar-refractivity contribution in [3.63, 3.8) is 0 Å². The summed E-state index contributed by atoms with van der Waals surface area (Å²) in [5.41, 5.74) is 7.87. The molecular formula is C14H16N4O2. The molecule has 6 nitrogen and oxygen atoms in total. The molecule has 0 spiro atoms. The van der Waals surface area contributed by atoms with Gasteiger partial charge in [-0.1, -0.05) is 35.5 Å². The van der Waals surface area contributed by atoms with E-state index in [1.807, 2.05) is 41.2 Å². The van der Waals surface area contributed by atoms with Crippen molar-refractivity contribution in [3.8, 4) is 11.3 Å². The Bertz CT molecular complexity index is 600. The smallest absolute Gasteiger partial charge is 0.113 e. The van der Waals surface area contributed by atoms with Crippen LogP contribution in [0, 0.1) is 0 Å². The van der Waals surface area contributed by atoms with Crippen LogP contribution in [0.15, 0.2) is 36.5 Å². The van der Waals surface area contributed by atoms with Crippen LogP contribution in [0.4, 0.5) is 0 Å². The Morgan fingerprint density at radius 2 is 1.90 bits per heavy atom. The number of rotatable bonds is 2. The van der Waals surface area contributed by atoms with E-state index in [0.29, 0.717) is 13.2 Å². The summed E-state index contributed by atoms with van der Waals surface area (Å²) in [5, 5.41) is 8.46. The van der Waals surface area contributed by atoms with Gasteiger partial charge in [0.05, 0.1) is 25.5 Å². The van der Waals surface area contributed by atoms with Gasteiger partial charge in [-0.25, -0.2) is 4.68 Å². The van der Waals surface area contributed by atoms with Gasteiger partial charge in [-0.05, 0) is 0 Å². The Morgan fingerprint density at radius 1 is 1.10 bits per heavy atom. The summed E-state index contributed by atoms with van der Waals surface area (Å²) in [5.74, 6) is 0. The molecule has 1 aromatic heterocycles. The largest absolute Gasteiger partial charge is 0.371 e. The highest BCUT2D eigenvalue weighted by molar-refractivity contribution is 5.57. The van der Waals surface area contributed by atoms with E-state index in [4.69, 9.17) is 15.2 Å². The van der Waals surface area contributed by atoms with Gasteiger partial charge in [0, 0.05) is 5.56 Å². The maximum atomic E-state index is 5.96. The lowest BCUT2D eigenvalue weighted by Crippen LogP contribution is -2.36. The van der Waals surface area contributed by atoms with E-state index in [-0.39, 0.29) is 24.3 Å². The van der Waals surface area contributed by atoms with Crippen LogP contribution < -0.4 is 5.73 Å². The fourth-order valence-corrected chi connectivity index (χ4v) is 2.92. The normalized spacial score (nSPS) is 32.5. The van der Waals surface area contributed by atoms with Crippen molar-refractivity contribution in [1.29, 1.82) is 0 Å². The number of hydrogen-bond donors (Lipinski definition) is 1. The Hall–Kier alpha value is -1.76. The molecule has 2 aliphatic rings. The second kappa shape index (κ2) is 4.66. The summed E-state index contributed by atoms with van der Waals surface area (Å²) in [7, 11) is 0. The zero-order valence-corrected chi connectivity index (χ0v) is 10.9. The highest BCUT2D eigenvalue weighted by Gasteiger charge is 2.47. The molecule has 0 radical (unpaired) electrons. The molecule has 2 fully saturated rings. The number of fused-ring (bicyclic) bond motifs is 1. The fourth-order valence-electron chi connectivity index (χ4n) is 2.92. The number of hydrogen-bond acceptors (Lipinski definition) is 5. The van der Waals surface area contributed by atoms with Gasteiger partial charge >= 0.3 is 0 Å². The Labute approximate surface area is 116 Å². The molecule has 4 rings (SSSR count). The van der Waals surface area contributed by atoms with Gasteiger partial charge in [-0.2, -0.15) is 0 Å². The van der Waals surface area contributed by atoms with E-state index in [2.05, 4.69) is 10.3 Å². The summed E-state index contributed by atoms with van der Waals surface area (Å²) in [6, 6.07) is 10.0. The van der Waals surface area contributed by atoms with Crippen LogP contribution in [-0.4, -0.2) is 46.5 Å². The first kappa shape index (κ1) is 12.0. The lowest BCUT2D eigenvalue weighted by molar-refractivity contribution is 0.0627. The average Bonchev–Trinajstić information content (AvgIpc) is 3.18. The fraction of sp³-hybridized carbons (Fsp3) is 0.429. The van der Waals surface area contributed by atoms with Crippen molar-refractivity contribution in [3.05, 3.63) is 36.5 Å². The van der Waals surface area contributed by atoms with Crippen molar-refractivity contribution in [2.75, 3.05) is 13.2 Å². The lowest BCUT2D eigenvalue weighted by atomic mass is 10.1. The van der Waals surface area contributed by atoms with Crippen molar-refractivity contribution >= 4 is 0 Å². The molecule has 0 saturated carbocycles. The molecule has 0 aliphatic carbocycles. The van der Waals surface area contributed by atoms with Gasteiger partial charge in [0.25, 0.3) is 0 Å². The Balaban J connectivity index is 1.60.